The zero-order valence-corrected chi connectivity index (χ0v) is 18.3. The van der Waals surface area contributed by atoms with Crippen LogP contribution in [0.4, 0.5) is 0 Å². The van der Waals surface area contributed by atoms with Crippen molar-refractivity contribution >= 4 is 10.8 Å². The Kier molecular flexibility index (Phi) is 4.33. The fourth-order valence-electron chi connectivity index (χ4n) is 8.95. The van der Waals surface area contributed by atoms with Gasteiger partial charge in [0.05, 0.1) is 0 Å². The maximum Gasteiger partial charge on any atom is 0.0346 e. The second-order valence-corrected chi connectivity index (χ2v) is 11.5. The molecule has 8 atom stereocenters. The van der Waals surface area contributed by atoms with Crippen LogP contribution in [0.25, 0.3) is 10.8 Å². The van der Waals surface area contributed by atoms with E-state index in [-0.39, 0.29) is 0 Å². The van der Waals surface area contributed by atoms with Gasteiger partial charge in [0.25, 0.3) is 0 Å². The molecule has 4 aliphatic rings. The molecule has 1 heteroatoms. The lowest BCUT2D eigenvalue weighted by molar-refractivity contribution is -0.0594. The second-order valence-electron chi connectivity index (χ2n) is 11.5. The summed E-state index contributed by atoms with van der Waals surface area (Å²) in [4.78, 5) is 4.30. The average Bonchev–Trinajstić information content (AvgIpc) is 3.10. The van der Waals surface area contributed by atoms with Crippen molar-refractivity contribution in [3.63, 3.8) is 0 Å². The van der Waals surface area contributed by atoms with Gasteiger partial charge in [-0.2, -0.15) is 0 Å². The van der Waals surface area contributed by atoms with Crippen molar-refractivity contribution < 1.29 is 0 Å². The van der Waals surface area contributed by atoms with Gasteiger partial charge in [0.1, 0.15) is 0 Å². The van der Waals surface area contributed by atoms with E-state index in [2.05, 4.69) is 43.1 Å². The van der Waals surface area contributed by atoms with Crippen molar-refractivity contribution in [1.29, 1.82) is 0 Å². The van der Waals surface area contributed by atoms with Crippen molar-refractivity contribution in [3.05, 3.63) is 42.2 Å². The molecule has 4 aliphatic carbocycles. The van der Waals surface area contributed by atoms with E-state index < -0.39 is 0 Å². The molecular formula is C28H37N. The van der Waals surface area contributed by atoms with E-state index in [4.69, 9.17) is 0 Å². The van der Waals surface area contributed by atoms with E-state index in [9.17, 15) is 0 Å². The Morgan fingerprint density at radius 1 is 0.862 bits per heavy atom. The van der Waals surface area contributed by atoms with Crippen LogP contribution >= 0.6 is 0 Å². The molecule has 154 valence electrons. The Morgan fingerprint density at radius 2 is 1.76 bits per heavy atom. The largest absolute Gasteiger partial charge is 0.264 e. The molecule has 1 aromatic carbocycles. The molecule has 4 saturated carbocycles. The fourth-order valence-corrected chi connectivity index (χ4v) is 8.95. The minimum Gasteiger partial charge on any atom is -0.264 e. The molecule has 29 heavy (non-hydrogen) atoms. The maximum atomic E-state index is 4.30. The highest BCUT2D eigenvalue weighted by Crippen LogP contribution is 2.66. The SMILES string of the molecule is C[C@H]1CC[C@H]2[C@@H](CC[C@@H]3[C@@H]2CC[C@]2(C)C(c4ccc5cnccc5c4)CC[C@@H]32)C1. The van der Waals surface area contributed by atoms with Crippen LogP contribution < -0.4 is 0 Å². The summed E-state index contributed by atoms with van der Waals surface area (Å²) in [6.07, 6.45) is 17.5. The fraction of sp³-hybridized carbons (Fsp3) is 0.679. The molecule has 0 radical (unpaired) electrons. The van der Waals surface area contributed by atoms with Crippen LogP contribution in [0.15, 0.2) is 36.7 Å². The first-order chi connectivity index (χ1) is 14.1. The van der Waals surface area contributed by atoms with Crippen LogP contribution in [-0.4, -0.2) is 4.98 Å². The van der Waals surface area contributed by atoms with Crippen LogP contribution in [0.3, 0.4) is 0 Å². The summed E-state index contributed by atoms with van der Waals surface area (Å²) in [5.41, 5.74) is 2.13. The van der Waals surface area contributed by atoms with Gasteiger partial charge in [-0.15, -0.1) is 0 Å². The lowest BCUT2D eigenvalue weighted by Gasteiger charge is -2.56. The summed E-state index contributed by atoms with van der Waals surface area (Å²) in [6, 6.07) is 9.42. The summed E-state index contributed by atoms with van der Waals surface area (Å²) in [7, 11) is 0. The molecule has 2 aromatic rings. The normalized spacial score (nSPS) is 44.1. The maximum absolute atomic E-state index is 4.30. The Labute approximate surface area is 176 Å². The second kappa shape index (κ2) is 6.82. The van der Waals surface area contributed by atoms with Crippen molar-refractivity contribution in [2.45, 2.75) is 77.6 Å². The molecule has 1 unspecified atom stereocenters. The molecule has 0 spiro atoms. The molecule has 1 aromatic heterocycles. The Bertz CT molecular complexity index is 902. The van der Waals surface area contributed by atoms with Gasteiger partial charge in [-0.3, -0.25) is 4.98 Å². The van der Waals surface area contributed by atoms with Crippen LogP contribution in [0.1, 0.15) is 83.1 Å². The molecule has 0 amide bonds. The van der Waals surface area contributed by atoms with E-state index in [0.717, 1.165) is 41.4 Å². The van der Waals surface area contributed by atoms with Gasteiger partial charge >= 0.3 is 0 Å². The third-order valence-corrected chi connectivity index (χ3v) is 10.3. The van der Waals surface area contributed by atoms with Gasteiger partial charge in [-0.05, 0) is 115 Å². The highest BCUT2D eigenvalue weighted by atomic mass is 14.6. The molecule has 1 nitrogen and oxygen atoms in total. The zero-order chi connectivity index (χ0) is 19.6. The smallest absolute Gasteiger partial charge is 0.0346 e. The van der Waals surface area contributed by atoms with Crippen molar-refractivity contribution in [2.75, 3.05) is 0 Å². The molecule has 0 aliphatic heterocycles. The number of benzene rings is 1. The predicted octanol–water partition coefficient (Wildman–Crippen LogP) is 7.61. The predicted molar refractivity (Wildman–Crippen MR) is 121 cm³/mol. The van der Waals surface area contributed by atoms with Crippen molar-refractivity contribution in [2.24, 2.45) is 40.9 Å². The summed E-state index contributed by atoms with van der Waals surface area (Å²) >= 11 is 0. The van der Waals surface area contributed by atoms with Crippen molar-refractivity contribution in [1.82, 2.24) is 4.98 Å². The molecule has 0 N–H and O–H groups in total. The molecule has 6 rings (SSSR count). The van der Waals surface area contributed by atoms with Gasteiger partial charge in [-0.1, -0.05) is 38.5 Å². The van der Waals surface area contributed by atoms with Crippen LogP contribution in [0.5, 0.6) is 0 Å². The van der Waals surface area contributed by atoms with E-state index in [1.807, 2.05) is 12.4 Å². The topological polar surface area (TPSA) is 12.9 Å². The van der Waals surface area contributed by atoms with E-state index >= 15 is 0 Å². The third-order valence-electron chi connectivity index (χ3n) is 10.3. The first kappa shape index (κ1) is 18.4. The number of aromatic nitrogens is 1. The van der Waals surface area contributed by atoms with Gasteiger partial charge in [0, 0.05) is 17.8 Å². The number of fused-ring (bicyclic) bond motifs is 6. The molecule has 0 saturated heterocycles. The minimum absolute atomic E-state index is 0.524. The van der Waals surface area contributed by atoms with Crippen LogP contribution in [-0.2, 0) is 0 Å². The summed E-state index contributed by atoms with van der Waals surface area (Å²) in [5.74, 6) is 6.94. The Hall–Kier alpha value is -1.37. The van der Waals surface area contributed by atoms with Gasteiger partial charge < -0.3 is 0 Å². The van der Waals surface area contributed by atoms with Crippen LogP contribution in [0, 0.1) is 40.9 Å². The van der Waals surface area contributed by atoms with E-state index in [1.165, 1.54) is 62.1 Å². The highest BCUT2D eigenvalue weighted by Gasteiger charge is 2.57. The van der Waals surface area contributed by atoms with Gasteiger partial charge in [-0.25, -0.2) is 0 Å². The molecular weight excluding hydrogens is 350 g/mol. The first-order valence-corrected chi connectivity index (χ1v) is 12.5. The Morgan fingerprint density at radius 3 is 2.69 bits per heavy atom. The monoisotopic (exact) mass is 387 g/mol. The lowest BCUT2D eigenvalue weighted by Crippen LogP contribution is -2.48. The van der Waals surface area contributed by atoms with Gasteiger partial charge in [0.2, 0.25) is 0 Å². The third kappa shape index (κ3) is 2.82. The number of rotatable bonds is 1. The zero-order valence-electron chi connectivity index (χ0n) is 18.3. The summed E-state index contributed by atoms with van der Waals surface area (Å²) in [5, 5.41) is 2.65. The van der Waals surface area contributed by atoms with Gasteiger partial charge in [0.15, 0.2) is 0 Å². The number of hydrogen-bond donors (Lipinski definition) is 0. The number of nitrogens with zero attached hydrogens (tertiary/aromatic N) is 1. The first-order valence-electron chi connectivity index (χ1n) is 12.5. The van der Waals surface area contributed by atoms with E-state index in [1.54, 1.807) is 12.0 Å². The lowest BCUT2D eigenvalue weighted by atomic mass is 9.49. The Balaban J connectivity index is 1.29. The minimum atomic E-state index is 0.524. The molecule has 0 bridgehead atoms. The summed E-state index contributed by atoms with van der Waals surface area (Å²) in [6.45, 7) is 5.18. The highest BCUT2D eigenvalue weighted by molar-refractivity contribution is 5.82. The number of pyridine rings is 1. The average molecular weight is 388 g/mol. The van der Waals surface area contributed by atoms with Crippen molar-refractivity contribution in [3.8, 4) is 0 Å². The van der Waals surface area contributed by atoms with E-state index in [0.29, 0.717) is 5.41 Å². The van der Waals surface area contributed by atoms with Crippen LogP contribution in [0.2, 0.25) is 0 Å². The number of hydrogen-bond acceptors (Lipinski definition) is 1. The summed E-state index contributed by atoms with van der Waals surface area (Å²) < 4.78 is 0. The quantitative estimate of drug-likeness (QED) is 0.491. The molecule has 1 heterocycles. The standard InChI is InChI=1S/C28H37N/c1-18-3-7-23-20(15-18)6-8-25-24(23)11-13-28(2)26(9-10-27(25)28)21-4-5-22-17-29-14-12-19(22)16-21/h4-5,12,14,16-18,20,23-27H,3,6-11,13,15H2,1-2H3/t18-,20-,23-,24+,25+,26?,27-,28+/m0/s1. The molecule has 4 fully saturated rings.